The molecule has 0 saturated heterocycles. The van der Waals surface area contributed by atoms with Crippen LogP contribution in [0.5, 0.6) is 0 Å². The van der Waals surface area contributed by atoms with E-state index in [-0.39, 0.29) is 4.47 Å². The van der Waals surface area contributed by atoms with Crippen LogP contribution in [0.3, 0.4) is 0 Å². The zero-order valence-electron chi connectivity index (χ0n) is 6.75. The highest BCUT2D eigenvalue weighted by molar-refractivity contribution is 9.10. The van der Waals surface area contributed by atoms with Gasteiger partial charge in [0.25, 0.3) is 0 Å². The highest BCUT2D eigenvalue weighted by Gasteiger charge is 2.28. The Balaban J connectivity index is 3.35. The molecule has 0 aliphatic rings. The summed E-state index contributed by atoms with van der Waals surface area (Å²) in [5, 5.41) is 0. The second kappa shape index (κ2) is 3.82. The zero-order valence-corrected chi connectivity index (χ0v) is 9.15. The first-order chi connectivity index (χ1) is 6.35. The van der Waals surface area contributed by atoms with Crippen LogP contribution in [0.15, 0.2) is 27.6 Å². The lowest BCUT2D eigenvalue weighted by molar-refractivity contribution is 0.234. The Hall–Kier alpha value is -0.690. The van der Waals surface area contributed by atoms with Crippen molar-refractivity contribution in [1.82, 2.24) is 0 Å². The lowest BCUT2D eigenvalue weighted by Crippen LogP contribution is -2.12. The number of halogens is 3. The van der Waals surface area contributed by atoms with Gasteiger partial charge in [0, 0.05) is 10.2 Å². The van der Waals surface area contributed by atoms with Crippen LogP contribution in [-0.2, 0) is 9.84 Å². The van der Waals surface area contributed by atoms with Crippen molar-refractivity contribution in [1.29, 1.82) is 0 Å². The van der Waals surface area contributed by atoms with Crippen molar-refractivity contribution in [3.05, 3.63) is 22.7 Å². The molecule has 0 radical (unpaired) electrons. The van der Waals surface area contributed by atoms with Crippen LogP contribution in [0.1, 0.15) is 0 Å². The maximum absolute atomic E-state index is 12.1. The third-order valence-corrected chi connectivity index (χ3v) is 3.85. The quantitative estimate of drug-likeness (QED) is 0.846. The van der Waals surface area contributed by atoms with E-state index in [4.69, 9.17) is 5.73 Å². The molecule has 0 atom stereocenters. The molecule has 1 aromatic rings. The Morgan fingerprint density at radius 2 is 1.93 bits per heavy atom. The van der Waals surface area contributed by atoms with E-state index in [1.807, 2.05) is 0 Å². The van der Waals surface area contributed by atoms with Gasteiger partial charge in [-0.1, -0.05) is 0 Å². The van der Waals surface area contributed by atoms with E-state index >= 15 is 0 Å². The normalized spacial score (nSPS) is 12.0. The van der Waals surface area contributed by atoms with Crippen LogP contribution < -0.4 is 5.73 Å². The van der Waals surface area contributed by atoms with Crippen molar-refractivity contribution in [2.75, 3.05) is 5.73 Å². The lowest BCUT2D eigenvalue weighted by atomic mass is 10.3. The number of rotatable bonds is 2. The maximum atomic E-state index is 12.1. The molecule has 2 N–H and O–H groups in total. The smallest absolute Gasteiger partial charge is 0.341 e. The van der Waals surface area contributed by atoms with Gasteiger partial charge in [0.15, 0.2) is 0 Å². The van der Waals surface area contributed by atoms with E-state index in [2.05, 4.69) is 15.9 Å². The Labute approximate surface area is 88.0 Å². The molecular formula is C7H6BrF2NO2S. The van der Waals surface area contributed by atoms with Gasteiger partial charge < -0.3 is 5.73 Å². The number of benzene rings is 1. The standard InChI is InChI=1S/C7H6BrF2NO2S/c8-5-3-4(11)1-2-6(5)14(12,13)7(9)10/h1-3,7H,11H2. The minimum atomic E-state index is -4.56. The summed E-state index contributed by atoms with van der Waals surface area (Å²) in [6.45, 7) is 0. The number of sulfone groups is 1. The largest absolute Gasteiger partial charge is 0.399 e. The molecule has 0 aliphatic carbocycles. The highest BCUT2D eigenvalue weighted by Crippen LogP contribution is 2.27. The van der Waals surface area contributed by atoms with Gasteiger partial charge in [0.2, 0.25) is 9.84 Å². The summed E-state index contributed by atoms with van der Waals surface area (Å²) in [4.78, 5) is -0.457. The van der Waals surface area contributed by atoms with E-state index in [0.29, 0.717) is 5.69 Å². The zero-order chi connectivity index (χ0) is 10.9. The van der Waals surface area contributed by atoms with E-state index in [9.17, 15) is 17.2 Å². The summed E-state index contributed by atoms with van der Waals surface area (Å²) in [5.41, 5.74) is 5.63. The third-order valence-electron chi connectivity index (χ3n) is 1.50. The molecule has 3 nitrogen and oxygen atoms in total. The first-order valence-electron chi connectivity index (χ1n) is 3.43. The minimum Gasteiger partial charge on any atom is -0.399 e. The first kappa shape index (κ1) is 11.4. The summed E-state index contributed by atoms with van der Waals surface area (Å²) in [6, 6.07) is 3.55. The van der Waals surface area contributed by atoms with Gasteiger partial charge in [-0.15, -0.1) is 0 Å². The molecule has 0 aromatic heterocycles. The SMILES string of the molecule is Nc1ccc(S(=O)(=O)C(F)F)c(Br)c1. The van der Waals surface area contributed by atoms with Crippen LogP contribution >= 0.6 is 15.9 Å². The number of alkyl halides is 2. The van der Waals surface area contributed by atoms with E-state index < -0.39 is 20.5 Å². The molecule has 0 fully saturated rings. The van der Waals surface area contributed by atoms with Gasteiger partial charge in [-0.3, -0.25) is 0 Å². The van der Waals surface area contributed by atoms with Gasteiger partial charge in [-0.2, -0.15) is 8.78 Å². The molecule has 1 aromatic carbocycles. The molecule has 0 unspecified atom stereocenters. The fourth-order valence-corrected chi connectivity index (χ4v) is 2.70. The Morgan fingerprint density at radius 1 is 1.36 bits per heavy atom. The fourth-order valence-electron chi connectivity index (χ4n) is 0.844. The molecule has 0 spiro atoms. The predicted molar refractivity (Wildman–Crippen MR) is 51.7 cm³/mol. The maximum Gasteiger partial charge on any atom is 0.341 e. The second-order valence-corrected chi connectivity index (χ2v) is 5.24. The molecule has 0 bridgehead atoms. The number of hydrogen-bond acceptors (Lipinski definition) is 3. The molecule has 0 saturated carbocycles. The van der Waals surface area contributed by atoms with Crippen LogP contribution in [0.4, 0.5) is 14.5 Å². The monoisotopic (exact) mass is 285 g/mol. The van der Waals surface area contributed by atoms with Crippen LogP contribution in [0.2, 0.25) is 0 Å². The first-order valence-corrected chi connectivity index (χ1v) is 5.76. The molecule has 0 aliphatic heterocycles. The van der Waals surface area contributed by atoms with Crippen molar-refractivity contribution in [2.24, 2.45) is 0 Å². The average molecular weight is 286 g/mol. The molecule has 78 valence electrons. The fraction of sp³-hybridized carbons (Fsp3) is 0.143. The van der Waals surface area contributed by atoms with Crippen LogP contribution in [-0.4, -0.2) is 14.2 Å². The number of nitrogens with two attached hydrogens (primary N) is 1. The van der Waals surface area contributed by atoms with Crippen molar-refractivity contribution in [3.63, 3.8) is 0 Å². The van der Waals surface area contributed by atoms with Crippen molar-refractivity contribution >= 4 is 31.5 Å². The van der Waals surface area contributed by atoms with Crippen LogP contribution in [0, 0.1) is 0 Å². The number of anilines is 1. The molecule has 1 rings (SSSR count). The summed E-state index contributed by atoms with van der Waals surface area (Å²) >= 11 is 2.86. The summed E-state index contributed by atoms with van der Waals surface area (Å²) in [6.07, 6.45) is 0. The van der Waals surface area contributed by atoms with Gasteiger partial charge in [-0.05, 0) is 34.1 Å². The molecular weight excluding hydrogens is 280 g/mol. The highest BCUT2D eigenvalue weighted by atomic mass is 79.9. The Morgan fingerprint density at radius 3 is 2.36 bits per heavy atom. The second-order valence-electron chi connectivity index (χ2n) is 2.50. The van der Waals surface area contributed by atoms with Crippen molar-refractivity contribution in [2.45, 2.75) is 10.7 Å². The minimum absolute atomic E-state index is 0.0396. The number of nitrogen functional groups attached to an aromatic ring is 1. The van der Waals surface area contributed by atoms with Gasteiger partial charge in [-0.25, -0.2) is 8.42 Å². The molecule has 0 amide bonds. The van der Waals surface area contributed by atoms with Gasteiger partial charge in [0.1, 0.15) is 0 Å². The molecule has 0 heterocycles. The lowest BCUT2D eigenvalue weighted by Gasteiger charge is -2.05. The predicted octanol–water partition coefficient (Wildman–Crippen LogP) is 2.03. The average Bonchev–Trinajstić information content (AvgIpc) is 2.02. The third kappa shape index (κ3) is 2.03. The van der Waals surface area contributed by atoms with E-state index in [1.54, 1.807) is 0 Å². The van der Waals surface area contributed by atoms with Gasteiger partial charge in [0.05, 0.1) is 4.90 Å². The van der Waals surface area contributed by atoms with Crippen molar-refractivity contribution < 1.29 is 17.2 Å². The van der Waals surface area contributed by atoms with Crippen LogP contribution in [0.25, 0.3) is 0 Å². The molecule has 14 heavy (non-hydrogen) atoms. The van der Waals surface area contributed by atoms with E-state index in [0.717, 1.165) is 6.07 Å². The molecule has 7 heteroatoms. The van der Waals surface area contributed by atoms with Crippen molar-refractivity contribution in [3.8, 4) is 0 Å². The Bertz CT molecular complexity index is 447. The Kier molecular flexibility index (Phi) is 3.10. The summed E-state index contributed by atoms with van der Waals surface area (Å²) in [5.74, 6) is -3.43. The van der Waals surface area contributed by atoms with E-state index in [1.165, 1.54) is 12.1 Å². The topological polar surface area (TPSA) is 60.2 Å². The summed E-state index contributed by atoms with van der Waals surface area (Å²) < 4.78 is 46.4. The summed E-state index contributed by atoms with van der Waals surface area (Å²) in [7, 11) is -4.56. The number of hydrogen-bond donors (Lipinski definition) is 1. The van der Waals surface area contributed by atoms with Gasteiger partial charge >= 0.3 is 5.76 Å².